The van der Waals surface area contributed by atoms with E-state index in [1.54, 1.807) is 11.3 Å². The minimum absolute atomic E-state index is 0.211. The number of thiophene rings is 1. The molecule has 2 rings (SSSR count). The molecule has 0 saturated heterocycles. The lowest BCUT2D eigenvalue weighted by atomic mass is 10.1. The highest BCUT2D eigenvalue weighted by Crippen LogP contribution is 2.29. The first-order chi connectivity index (χ1) is 9.13. The predicted octanol–water partition coefficient (Wildman–Crippen LogP) is 2.27. The third-order valence-corrected chi connectivity index (χ3v) is 4.22. The van der Waals surface area contributed by atoms with E-state index in [1.165, 1.54) is 4.88 Å². The standard InChI is InChI=1S/C13H20N4OS/c1-3-9-6-10-11(15-7-8(2)4-5-18)16-13(14)17-12(10)19-9/h6,8,18H,3-5,7H2,1-2H3,(H3,14,15,16,17). The fourth-order valence-corrected chi connectivity index (χ4v) is 2.86. The number of aliphatic hydroxyl groups excluding tert-OH is 1. The number of nitrogens with two attached hydrogens (primary N) is 1. The Hall–Kier alpha value is -1.40. The Bertz CT molecular complexity index is 555. The Balaban J connectivity index is 2.23. The van der Waals surface area contributed by atoms with Crippen molar-refractivity contribution in [1.29, 1.82) is 0 Å². The quantitative estimate of drug-likeness (QED) is 0.756. The molecule has 0 spiro atoms. The molecule has 0 amide bonds. The Morgan fingerprint density at radius 3 is 2.95 bits per heavy atom. The maximum absolute atomic E-state index is 8.91. The molecule has 1 unspecified atom stereocenters. The summed E-state index contributed by atoms with van der Waals surface area (Å²) in [4.78, 5) is 10.8. The summed E-state index contributed by atoms with van der Waals surface area (Å²) in [6.07, 6.45) is 1.77. The fourth-order valence-electron chi connectivity index (χ4n) is 1.89. The number of rotatable bonds is 6. The van der Waals surface area contributed by atoms with E-state index in [-0.39, 0.29) is 6.61 Å². The molecule has 0 aliphatic heterocycles. The van der Waals surface area contributed by atoms with Crippen molar-refractivity contribution in [3.8, 4) is 0 Å². The Morgan fingerprint density at radius 2 is 2.26 bits per heavy atom. The monoisotopic (exact) mass is 280 g/mol. The van der Waals surface area contributed by atoms with Crippen molar-refractivity contribution in [2.24, 2.45) is 5.92 Å². The van der Waals surface area contributed by atoms with Gasteiger partial charge in [0, 0.05) is 18.0 Å². The molecule has 5 nitrogen and oxygen atoms in total. The summed E-state index contributed by atoms with van der Waals surface area (Å²) < 4.78 is 0. The van der Waals surface area contributed by atoms with E-state index in [1.807, 2.05) is 0 Å². The van der Waals surface area contributed by atoms with Gasteiger partial charge in [-0.2, -0.15) is 4.98 Å². The van der Waals surface area contributed by atoms with Gasteiger partial charge in [0.1, 0.15) is 10.6 Å². The molecule has 2 aromatic heterocycles. The fraction of sp³-hybridized carbons (Fsp3) is 0.538. The van der Waals surface area contributed by atoms with Crippen LogP contribution in [0.3, 0.4) is 0 Å². The largest absolute Gasteiger partial charge is 0.396 e. The van der Waals surface area contributed by atoms with Crippen LogP contribution < -0.4 is 11.1 Å². The van der Waals surface area contributed by atoms with Crippen LogP contribution in [-0.4, -0.2) is 28.2 Å². The molecular weight excluding hydrogens is 260 g/mol. The van der Waals surface area contributed by atoms with E-state index in [0.29, 0.717) is 11.9 Å². The van der Waals surface area contributed by atoms with Crippen LogP contribution in [-0.2, 0) is 6.42 Å². The lowest BCUT2D eigenvalue weighted by molar-refractivity contribution is 0.266. The van der Waals surface area contributed by atoms with Crippen molar-refractivity contribution in [2.75, 3.05) is 24.2 Å². The van der Waals surface area contributed by atoms with Crippen molar-refractivity contribution < 1.29 is 5.11 Å². The average molecular weight is 280 g/mol. The number of nitrogens with one attached hydrogen (secondary N) is 1. The molecule has 0 aliphatic rings. The second kappa shape index (κ2) is 6.16. The van der Waals surface area contributed by atoms with Crippen LogP contribution in [0.2, 0.25) is 0 Å². The third kappa shape index (κ3) is 3.33. The average Bonchev–Trinajstić information content (AvgIpc) is 2.79. The van der Waals surface area contributed by atoms with E-state index in [2.05, 4.69) is 35.2 Å². The Kier molecular flexibility index (Phi) is 4.55. The minimum atomic E-state index is 0.211. The zero-order valence-corrected chi connectivity index (χ0v) is 12.1. The summed E-state index contributed by atoms with van der Waals surface area (Å²) >= 11 is 1.66. The molecule has 0 saturated carbocycles. The second-order valence-corrected chi connectivity index (χ2v) is 5.83. The molecule has 0 radical (unpaired) electrons. The Morgan fingerprint density at radius 1 is 1.47 bits per heavy atom. The summed E-state index contributed by atoms with van der Waals surface area (Å²) in [7, 11) is 0. The van der Waals surface area contributed by atoms with Gasteiger partial charge in [-0.1, -0.05) is 13.8 Å². The van der Waals surface area contributed by atoms with Gasteiger partial charge in [-0.25, -0.2) is 4.98 Å². The van der Waals surface area contributed by atoms with Gasteiger partial charge in [0.15, 0.2) is 0 Å². The van der Waals surface area contributed by atoms with Crippen molar-refractivity contribution >= 4 is 33.3 Å². The molecule has 0 aliphatic carbocycles. The highest BCUT2D eigenvalue weighted by atomic mass is 32.1. The maximum Gasteiger partial charge on any atom is 0.223 e. The Labute approximate surface area is 116 Å². The highest BCUT2D eigenvalue weighted by molar-refractivity contribution is 7.18. The molecule has 6 heteroatoms. The van der Waals surface area contributed by atoms with Crippen LogP contribution in [0.5, 0.6) is 0 Å². The number of hydrogen-bond acceptors (Lipinski definition) is 6. The van der Waals surface area contributed by atoms with E-state index in [0.717, 1.165) is 35.4 Å². The molecular formula is C13H20N4OS. The van der Waals surface area contributed by atoms with E-state index in [9.17, 15) is 0 Å². The number of nitrogens with zero attached hydrogens (tertiary/aromatic N) is 2. The number of nitrogen functional groups attached to an aromatic ring is 1. The van der Waals surface area contributed by atoms with E-state index in [4.69, 9.17) is 10.8 Å². The normalized spacial score (nSPS) is 12.8. The van der Waals surface area contributed by atoms with E-state index >= 15 is 0 Å². The lowest BCUT2D eigenvalue weighted by Crippen LogP contribution is -2.14. The van der Waals surface area contributed by atoms with E-state index < -0.39 is 0 Å². The van der Waals surface area contributed by atoms with Gasteiger partial charge in [-0.15, -0.1) is 11.3 Å². The minimum Gasteiger partial charge on any atom is -0.396 e. The van der Waals surface area contributed by atoms with Crippen molar-refractivity contribution in [3.05, 3.63) is 10.9 Å². The van der Waals surface area contributed by atoms with Crippen LogP contribution in [0.1, 0.15) is 25.1 Å². The lowest BCUT2D eigenvalue weighted by Gasteiger charge is -2.12. The van der Waals surface area contributed by atoms with Gasteiger partial charge in [-0.3, -0.25) is 0 Å². The first-order valence-corrected chi connectivity index (χ1v) is 7.36. The number of anilines is 2. The topological polar surface area (TPSA) is 84.1 Å². The van der Waals surface area contributed by atoms with Crippen LogP contribution >= 0.6 is 11.3 Å². The van der Waals surface area contributed by atoms with Gasteiger partial charge >= 0.3 is 0 Å². The van der Waals surface area contributed by atoms with Crippen molar-refractivity contribution in [2.45, 2.75) is 26.7 Å². The summed E-state index contributed by atoms with van der Waals surface area (Å²) in [6, 6.07) is 2.12. The number of fused-ring (bicyclic) bond motifs is 1. The number of hydrogen-bond donors (Lipinski definition) is 3. The van der Waals surface area contributed by atoms with Gasteiger partial charge in [0.05, 0.1) is 5.39 Å². The van der Waals surface area contributed by atoms with Crippen molar-refractivity contribution in [1.82, 2.24) is 9.97 Å². The summed E-state index contributed by atoms with van der Waals surface area (Å²) in [5.41, 5.74) is 5.74. The highest BCUT2D eigenvalue weighted by Gasteiger charge is 2.11. The number of aliphatic hydroxyl groups is 1. The van der Waals surface area contributed by atoms with Crippen LogP contribution in [0, 0.1) is 5.92 Å². The zero-order chi connectivity index (χ0) is 13.8. The molecule has 104 valence electrons. The summed E-state index contributed by atoms with van der Waals surface area (Å²) in [5, 5.41) is 13.3. The second-order valence-electron chi connectivity index (χ2n) is 4.71. The molecule has 4 N–H and O–H groups in total. The first kappa shape index (κ1) is 14.0. The molecule has 2 heterocycles. The molecule has 0 aromatic carbocycles. The van der Waals surface area contributed by atoms with Crippen LogP contribution in [0.15, 0.2) is 6.07 Å². The smallest absolute Gasteiger partial charge is 0.223 e. The van der Waals surface area contributed by atoms with Gasteiger partial charge in [-0.05, 0) is 24.8 Å². The molecule has 0 fully saturated rings. The van der Waals surface area contributed by atoms with Crippen LogP contribution in [0.25, 0.3) is 10.2 Å². The SMILES string of the molecule is CCc1cc2c(NCC(C)CCO)nc(N)nc2s1. The molecule has 1 atom stereocenters. The molecule has 2 aromatic rings. The summed E-state index contributed by atoms with van der Waals surface area (Å²) in [6.45, 7) is 5.19. The summed E-state index contributed by atoms with van der Waals surface area (Å²) in [5.74, 6) is 1.48. The van der Waals surface area contributed by atoms with Crippen molar-refractivity contribution in [3.63, 3.8) is 0 Å². The third-order valence-electron chi connectivity index (χ3n) is 3.05. The van der Waals surface area contributed by atoms with Gasteiger partial charge < -0.3 is 16.2 Å². The van der Waals surface area contributed by atoms with Gasteiger partial charge in [0.2, 0.25) is 5.95 Å². The molecule has 19 heavy (non-hydrogen) atoms. The zero-order valence-electron chi connectivity index (χ0n) is 11.3. The van der Waals surface area contributed by atoms with Crippen LogP contribution in [0.4, 0.5) is 11.8 Å². The maximum atomic E-state index is 8.91. The van der Waals surface area contributed by atoms with Gasteiger partial charge in [0.25, 0.3) is 0 Å². The first-order valence-electron chi connectivity index (χ1n) is 6.54. The number of aryl methyl sites for hydroxylation is 1. The number of aromatic nitrogens is 2. The predicted molar refractivity (Wildman–Crippen MR) is 80.6 cm³/mol. The molecule has 0 bridgehead atoms.